The van der Waals surface area contributed by atoms with Crippen molar-refractivity contribution in [2.45, 2.75) is 39.7 Å². The highest BCUT2D eigenvalue weighted by Gasteiger charge is 2.25. The van der Waals surface area contributed by atoms with E-state index in [1.165, 1.54) is 0 Å². The Balaban J connectivity index is 2.15. The number of rotatable bonds is 4. The van der Waals surface area contributed by atoms with Gasteiger partial charge in [0.05, 0.1) is 0 Å². The Hall–Kier alpha value is -1.43. The Kier molecular flexibility index (Phi) is 4.52. The molecule has 0 spiro atoms. The highest BCUT2D eigenvalue weighted by atomic mass is 16.2. The van der Waals surface area contributed by atoms with E-state index in [9.17, 15) is 4.79 Å². The molecule has 1 aliphatic heterocycles. The van der Waals surface area contributed by atoms with Gasteiger partial charge in [-0.2, -0.15) is 5.10 Å². The van der Waals surface area contributed by atoms with Crippen molar-refractivity contribution in [1.82, 2.24) is 25.0 Å². The summed E-state index contributed by atoms with van der Waals surface area (Å²) in [5.41, 5.74) is 0. The van der Waals surface area contributed by atoms with Crippen LogP contribution in [0.15, 0.2) is 0 Å². The van der Waals surface area contributed by atoms with Gasteiger partial charge in [0, 0.05) is 39.0 Å². The fraction of sp³-hybridized carbons (Fsp3) is 0.769. The van der Waals surface area contributed by atoms with Crippen LogP contribution in [0.1, 0.15) is 38.5 Å². The molecule has 2 heterocycles. The average molecular weight is 265 g/mol. The molecule has 1 aromatic heterocycles. The summed E-state index contributed by atoms with van der Waals surface area (Å²) >= 11 is 0. The summed E-state index contributed by atoms with van der Waals surface area (Å²) in [6.07, 6.45) is 1.60. The minimum Gasteiger partial charge on any atom is -0.338 e. The molecule has 1 aromatic rings. The first-order chi connectivity index (χ1) is 9.17. The van der Waals surface area contributed by atoms with Gasteiger partial charge in [-0.15, -0.1) is 0 Å². The summed E-state index contributed by atoms with van der Waals surface area (Å²) in [6, 6.07) is -0.263. The Morgan fingerprint density at radius 1 is 1.32 bits per heavy atom. The summed E-state index contributed by atoms with van der Waals surface area (Å²) in [6.45, 7) is 9.29. The van der Waals surface area contributed by atoms with E-state index in [1.807, 2.05) is 25.7 Å². The van der Waals surface area contributed by atoms with Crippen LogP contribution in [0.25, 0.3) is 0 Å². The van der Waals surface area contributed by atoms with Gasteiger partial charge in [-0.3, -0.25) is 4.79 Å². The maximum atomic E-state index is 12.5. The molecule has 0 aliphatic carbocycles. The van der Waals surface area contributed by atoms with Crippen LogP contribution in [0.2, 0.25) is 0 Å². The lowest BCUT2D eigenvalue weighted by molar-refractivity contribution is -0.135. The first kappa shape index (κ1) is 14.0. The number of amides is 1. The molecular weight excluding hydrogens is 242 g/mol. The Morgan fingerprint density at radius 3 is 2.58 bits per heavy atom. The number of carbonyl (C=O) groups is 1. The van der Waals surface area contributed by atoms with E-state index < -0.39 is 0 Å². The first-order valence-electron chi connectivity index (χ1n) is 7.11. The van der Waals surface area contributed by atoms with E-state index in [0.29, 0.717) is 0 Å². The molecule has 1 aliphatic rings. The zero-order valence-electron chi connectivity index (χ0n) is 12.0. The zero-order chi connectivity index (χ0) is 13.8. The van der Waals surface area contributed by atoms with Gasteiger partial charge in [0.25, 0.3) is 0 Å². The highest BCUT2D eigenvalue weighted by molar-refractivity contribution is 5.80. The number of hydrogen-bond acceptors (Lipinski definition) is 4. The van der Waals surface area contributed by atoms with E-state index in [2.05, 4.69) is 15.4 Å². The zero-order valence-corrected chi connectivity index (χ0v) is 12.0. The molecule has 1 saturated heterocycles. The molecule has 106 valence electrons. The van der Waals surface area contributed by atoms with Gasteiger partial charge >= 0.3 is 0 Å². The van der Waals surface area contributed by atoms with Crippen LogP contribution in [0, 0.1) is 0 Å². The van der Waals surface area contributed by atoms with Crippen LogP contribution < -0.4 is 5.32 Å². The van der Waals surface area contributed by atoms with Crippen molar-refractivity contribution in [3.63, 3.8) is 0 Å². The van der Waals surface area contributed by atoms with Crippen LogP contribution in [-0.2, 0) is 17.6 Å². The predicted octanol–water partition coefficient (Wildman–Crippen LogP) is 0.396. The summed E-state index contributed by atoms with van der Waals surface area (Å²) in [5.74, 6) is 1.85. The molecule has 19 heavy (non-hydrogen) atoms. The van der Waals surface area contributed by atoms with Crippen molar-refractivity contribution in [1.29, 1.82) is 0 Å². The molecule has 6 heteroatoms. The highest BCUT2D eigenvalue weighted by Crippen LogP contribution is 2.13. The molecule has 1 unspecified atom stereocenters. The van der Waals surface area contributed by atoms with Crippen molar-refractivity contribution in [3.8, 4) is 0 Å². The Morgan fingerprint density at radius 2 is 2.00 bits per heavy atom. The maximum Gasteiger partial charge on any atom is 0.247 e. The smallest absolute Gasteiger partial charge is 0.247 e. The van der Waals surface area contributed by atoms with E-state index in [-0.39, 0.29) is 11.9 Å². The van der Waals surface area contributed by atoms with Crippen molar-refractivity contribution in [2.75, 3.05) is 26.2 Å². The predicted molar refractivity (Wildman–Crippen MR) is 72.9 cm³/mol. The van der Waals surface area contributed by atoms with Crippen molar-refractivity contribution >= 4 is 5.91 Å². The molecule has 0 radical (unpaired) electrons. The van der Waals surface area contributed by atoms with E-state index in [1.54, 1.807) is 4.68 Å². The summed E-state index contributed by atoms with van der Waals surface area (Å²) in [5, 5.41) is 7.71. The Bertz CT molecular complexity index is 436. The standard InChI is InChI=1S/C13H23N5O/c1-4-11-15-12(5-2)18(16-11)10(3)13(19)17-8-6-14-7-9-17/h10,14H,4-9H2,1-3H3. The largest absolute Gasteiger partial charge is 0.338 e. The minimum atomic E-state index is -0.263. The topological polar surface area (TPSA) is 63.1 Å². The molecule has 0 saturated carbocycles. The first-order valence-corrected chi connectivity index (χ1v) is 7.11. The van der Waals surface area contributed by atoms with Crippen LogP contribution in [0.4, 0.5) is 0 Å². The Labute approximate surface area is 114 Å². The SMILES string of the molecule is CCc1nc(CC)n(C(C)C(=O)N2CCNCC2)n1. The monoisotopic (exact) mass is 265 g/mol. The van der Waals surface area contributed by atoms with E-state index >= 15 is 0 Å². The maximum absolute atomic E-state index is 12.5. The third-order valence-electron chi connectivity index (χ3n) is 3.53. The van der Waals surface area contributed by atoms with Gasteiger partial charge in [0.1, 0.15) is 11.9 Å². The number of hydrogen-bond donors (Lipinski definition) is 1. The van der Waals surface area contributed by atoms with Crippen molar-refractivity contribution < 1.29 is 4.79 Å². The van der Waals surface area contributed by atoms with Crippen LogP contribution in [0.3, 0.4) is 0 Å². The lowest BCUT2D eigenvalue weighted by atomic mass is 10.2. The van der Waals surface area contributed by atoms with Crippen LogP contribution in [-0.4, -0.2) is 51.8 Å². The van der Waals surface area contributed by atoms with Crippen molar-refractivity contribution in [3.05, 3.63) is 11.6 Å². The molecule has 0 aromatic carbocycles. The van der Waals surface area contributed by atoms with Gasteiger partial charge in [-0.1, -0.05) is 13.8 Å². The third-order valence-corrected chi connectivity index (χ3v) is 3.53. The van der Waals surface area contributed by atoms with Gasteiger partial charge in [0.2, 0.25) is 5.91 Å². The molecule has 1 fully saturated rings. The normalized spacial score (nSPS) is 17.5. The molecule has 1 N–H and O–H groups in total. The van der Waals surface area contributed by atoms with Crippen molar-refractivity contribution in [2.24, 2.45) is 0 Å². The molecule has 2 rings (SSSR count). The molecule has 6 nitrogen and oxygen atoms in total. The minimum absolute atomic E-state index is 0.142. The number of carbonyl (C=O) groups excluding carboxylic acids is 1. The average Bonchev–Trinajstić information content (AvgIpc) is 2.90. The fourth-order valence-corrected chi connectivity index (χ4v) is 2.36. The second-order valence-electron chi connectivity index (χ2n) is 4.85. The number of nitrogens with zero attached hydrogens (tertiary/aromatic N) is 4. The fourth-order valence-electron chi connectivity index (χ4n) is 2.36. The quantitative estimate of drug-likeness (QED) is 0.856. The summed E-state index contributed by atoms with van der Waals surface area (Å²) in [4.78, 5) is 18.8. The summed E-state index contributed by atoms with van der Waals surface area (Å²) in [7, 11) is 0. The summed E-state index contributed by atoms with van der Waals surface area (Å²) < 4.78 is 1.79. The van der Waals surface area contributed by atoms with E-state index in [4.69, 9.17) is 0 Å². The molecular formula is C13H23N5O. The molecule has 1 atom stereocenters. The van der Waals surface area contributed by atoms with Gasteiger partial charge in [0.15, 0.2) is 5.82 Å². The van der Waals surface area contributed by atoms with Crippen LogP contribution >= 0.6 is 0 Å². The number of aryl methyl sites for hydroxylation is 2. The second-order valence-corrected chi connectivity index (χ2v) is 4.85. The number of piperazine rings is 1. The van der Waals surface area contributed by atoms with E-state index in [0.717, 1.165) is 50.7 Å². The third kappa shape index (κ3) is 2.94. The number of aromatic nitrogens is 3. The van der Waals surface area contributed by atoms with Gasteiger partial charge in [-0.25, -0.2) is 9.67 Å². The van der Waals surface area contributed by atoms with Gasteiger partial charge in [-0.05, 0) is 6.92 Å². The van der Waals surface area contributed by atoms with Crippen LogP contribution in [0.5, 0.6) is 0 Å². The molecule has 1 amide bonds. The number of nitrogens with one attached hydrogen (secondary N) is 1. The molecule has 0 bridgehead atoms. The lowest BCUT2D eigenvalue weighted by Gasteiger charge is -2.30. The lowest BCUT2D eigenvalue weighted by Crippen LogP contribution is -2.48. The van der Waals surface area contributed by atoms with Gasteiger partial charge < -0.3 is 10.2 Å². The second kappa shape index (κ2) is 6.14.